The fourth-order valence-electron chi connectivity index (χ4n) is 2.48. The van der Waals surface area contributed by atoms with E-state index in [-0.39, 0.29) is 0 Å². The number of halogens is 2. The third kappa shape index (κ3) is 2.48. The van der Waals surface area contributed by atoms with Crippen LogP contribution in [0.25, 0.3) is 0 Å². The maximum absolute atomic E-state index is 13.1. The van der Waals surface area contributed by atoms with Gasteiger partial charge in [-0.1, -0.05) is 28.1 Å². The van der Waals surface area contributed by atoms with Gasteiger partial charge in [-0.25, -0.2) is 8.70 Å². The Balaban J connectivity index is 2.12. The number of nitrogens with zero attached hydrogens (tertiary/aromatic N) is 2. The second kappa shape index (κ2) is 5.89. The van der Waals surface area contributed by atoms with E-state index in [0.717, 1.165) is 5.33 Å². The van der Waals surface area contributed by atoms with Crippen LogP contribution in [0, 0.1) is 5.82 Å². The van der Waals surface area contributed by atoms with E-state index in [4.69, 9.17) is 0 Å². The number of alkyl halides is 1. The number of rotatable bonds is 4. The number of anilines is 3. The van der Waals surface area contributed by atoms with Gasteiger partial charge >= 0.3 is 10.2 Å². The van der Waals surface area contributed by atoms with Crippen molar-refractivity contribution < 1.29 is 12.8 Å². The number of hydrogen-bond acceptors (Lipinski definition) is 2. The van der Waals surface area contributed by atoms with Crippen molar-refractivity contribution in [3.8, 4) is 0 Å². The van der Waals surface area contributed by atoms with Crippen molar-refractivity contribution in [2.75, 3.05) is 20.5 Å². The second-order valence-corrected chi connectivity index (χ2v) is 7.35. The zero-order valence-electron chi connectivity index (χ0n) is 11.6. The van der Waals surface area contributed by atoms with E-state index in [9.17, 15) is 12.8 Å². The molecule has 2 aromatic carbocycles. The third-order valence-corrected chi connectivity index (χ3v) is 5.80. The smallest absolute Gasteiger partial charge is 0.251 e. The Kier molecular flexibility index (Phi) is 4.10. The lowest BCUT2D eigenvalue weighted by Gasteiger charge is -2.21. The number of benzene rings is 2. The van der Waals surface area contributed by atoms with Crippen molar-refractivity contribution in [2.24, 2.45) is 0 Å². The lowest BCUT2D eigenvalue weighted by Crippen LogP contribution is -2.36. The summed E-state index contributed by atoms with van der Waals surface area (Å²) in [6, 6.07) is 12.6. The topological polar surface area (TPSA) is 40.6 Å². The van der Waals surface area contributed by atoms with E-state index in [2.05, 4.69) is 15.9 Å². The SMILES string of the molecule is O=S1(=O)N(CCCBr)c2ccccc2N1c1ccc(F)cc1. The van der Waals surface area contributed by atoms with Gasteiger partial charge in [0.2, 0.25) is 0 Å². The van der Waals surface area contributed by atoms with Crippen molar-refractivity contribution in [1.82, 2.24) is 0 Å². The third-order valence-electron chi connectivity index (χ3n) is 3.43. The molecular formula is C15H14BrFN2O2S. The minimum absolute atomic E-state index is 0.391. The Morgan fingerprint density at radius 3 is 2.27 bits per heavy atom. The molecular weight excluding hydrogens is 371 g/mol. The van der Waals surface area contributed by atoms with Crippen molar-refractivity contribution in [3.63, 3.8) is 0 Å². The summed E-state index contributed by atoms with van der Waals surface area (Å²) < 4.78 is 41.5. The molecule has 22 heavy (non-hydrogen) atoms. The molecule has 7 heteroatoms. The van der Waals surface area contributed by atoms with Gasteiger partial charge in [0, 0.05) is 11.9 Å². The zero-order valence-corrected chi connectivity index (χ0v) is 14.0. The molecule has 0 radical (unpaired) electrons. The molecule has 0 spiro atoms. The molecule has 0 unspecified atom stereocenters. The molecule has 0 saturated carbocycles. The molecule has 1 heterocycles. The summed E-state index contributed by atoms with van der Waals surface area (Å²) in [7, 11) is -3.70. The maximum atomic E-state index is 13.1. The predicted molar refractivity (Wildman–Crippen MR) is 89.7 cm³/mol. The highest BCUT2D eigenvalue weighted by molar-refractivity contribution is 9.09. The van der Waals surface area contributed by atoms with Crippen LogP contribution in [0.15, 0.2) is 48.5 Å². The Morgan fingerprint density at radius 2 is 1.64 bits per heavy atom. The Morgan fingerprint density at radius 1 is 1.00 bits per heavy atom. The van der Waals surface area contributed by atoms with E-state index in [0.29, 0.717) is 30.0 Å². The average Bonchev–Trinajstić information content (AvgIpc) is 2.73. The Labute approximate surface area is 137 Å². The van der Waals surface area contributed by atoms with Gasteiger partial charge in [0.05, 0.1) is 17.1 Å². The standard InChI is InChI=1S/C15H14BrFN2O2S/c16-10-3-11-18-14-4-1-2-5-15(14)19(22(18,20)21)13-8-6-12(17)7-9-13/h1-2,4-9H,3,10-11H2. The summed E-state index contributed by atoms with van der Waals surface area (Å²) in [5.74, 6) is -0.398. The van der Waals surface area contributed by atoms with Crippen LogP contribution in [-0.2, 0) is 10.2 Å². The van der Waals surface area contributed by atoms with Crippen LogP contribution in [0.2, 0.25) is 0 Å². The lowest BCUT2D eigenvalue weighted by atomic mass is 10.2. The van der Waals surface area contributed by atoms with Gasteiger partial charge in [0.15, 0.2) is 0 Å². The van der Waals surface area contributed by atoms with Crippen LogP contribution >= 0.6 is 15.9 Å². The molecule has 1 aliphatic heterocycles. The molecule has 0 amide bonds. The van der Waals surface area contributed by atoms with E-state index < -0.39 is 16.0 Å². The fourth-order valence-corrected chi connectivity index (χ4v) is 4.48. The first-order valence-electron chi connectivity index (χ1n) is 6.79. The minimum atomic E-state index is -3.70. The summed E-state index contributed by atoms with van der Waals surface area (Å²) in [5.41, 5.74) is 1.66. The van der Waals surface area contributed by atoms with Crippen molar-refractivity contribution in [2.45, 2.75) is 6.42 Å². The first-order chi connectivity index (χ1) is 10.6. The van der Waals surface area contributed by atoms with Crippen LogP contribution in [0.5, 0.6) is 0 Å². The monoisotopic (exact) mass is 384 g/mol. The maximum Gasteiger partial charge on any atom is 0.330 e. The van der Waals surface area contributed by atoms with Gasteiger partial charge in [0.1, 0.15) is 5.82 Å². The summed E-state index contributed by atoms with van der Waals surface area (Å²) in [6.45, 7) is 0.391. The normalized spacial score (nSPS) is 15.9. The van der Waals surface area contributed by atoms with Crippen LogP contribution in [0.4, 0.5) is 21.5 Å². The van der Waals surface area contributed by atoms with Gasteiger partial charge < -0.3 is 0 Å². The summed E-state index contributed by atoms with van der Waals surface area (Å²) in [4.78, 5) is 0. The Hall–Kier alpha value is -1.60. The molecule has 4 nitrogen and oxygen atoms in total. The van der Waals surface area contributed by atoms with Crippen LogP contribution in [0.3, 0.4) is 0 Å². The molecule has 0 N–H and O–H groups in total. The van der Waals surface area contributed by atoms with Crippen LogP contribution < -0.4 is 8.61 Å². The van der Waals surface area contributed by atoms with E-state index >= 15 is 0 Å². The molecule has 116 valence electrons. The highest BCUT2D eigenvalue weighted by Crippen LogP contribution is 2.45. The number of hydrogen-bond donors (Lipinski definition) is 0. The summed E-state index contributed by atoms with van der Waals surface area (Å²) >= 11 is 3.33. The lowest BCUT2D eigenvalue weighted by molar-refractivity contribution is 0.593. The van der Waals surface area contributed by atoms with Crippen molar-refractivity contribution in [3.05, 3.63) is 54.3 Å². The highest BCUT2D eigenvalue weighted by Gasteiger charge is 2.40. The van der Waals surface area contributed by atoms with E-state index in [1.165, 1.54) is 32.9 Å². The van der Waals surface area contributed by atoms with Crippen molar-refractivity contribution >= 4 is 43.2 Å². The summed E-state index contributed by atoms with van der Waals surface area (Å²) in [6.07, 6.45) is 0.699. The molecule has 2 aromatic rings. The van der Waals surface area contributed by atoms with Gasteiger partial charge in [-0.15, -0.1) is 0 Å². The fraction of sp³-hybridized carbons (Fsp3) is 0.200. The van der Waals surface area contributed by atoms with Gasteiger partial charge in [-0.05, 0) is 42.8 Å². The number of para-hydroxylation sites is 2. The molecule has 3 rings (SSSR count). The quantitative estimate of drug-likeness (QED) is 0.751. The largest absolute Gasteiger partial charge is 0.330 e. The van der Waals surface area contributed by atoms with E-state index in [1.807, 2.05) is 6.07 Å². The molecule has 0 atom stereocenters. The second-order valence-electron chi connectivity index (χ2n) is 4.85. The molecule has 0 aromatic heterocycles. The number of fused-ring (bicyclic) bond motifs is 1. The van der Waals surface area contributed by atoms with Gasteiger partial charge in [0.25, 0.3) is 0 Å². The molecule has 0 aliphatic carbocycles. The highest BCUT2D eigenvalue weighted by atomic mass is 79.9. The van der Waals surface area contributed by atoms with Gasteiger partial charge in [-0.2, -0.15) is 8.42 Å². The Bertz CT molecular complexity index is 780. The molecule has 0 bridgehead atoms. The minimum Gasteiger partial charge on any atom is -0.251 e. The first-order valence-corrected chi connectivity index (χ1v) is 9.31. The predicted octanol–water partition coefficient (Wildman–Crippen LogP) is 3.81. The van der Waals surface area contributed by atoms with Gasteiger partial charge in [-0.3, -0.25) is 4.31 Å². The average molecular weight is 385 g/mol. The molecule has 0 saturated heterocycles. The molecule has 0 fully saturated rings. The van der Waals surface area contributed by atoms with E-state index in [1.54, 1.807) is 18.2 Å². The zero-order chi connectivity index (χ0) is 15.7. The molecule has 1 aliphatic rings. The van der Waals surface area contributed by atoms with Crippen LogP contribution in [0.1, 0.15) is 6.42 Å². The summed E-state index contributed by atoms with van der Waals surface area (Å²) in [5, 5.41) is 0.720. The van der Waals surface area contributed by atoms with Crippen LogP contribution in [-0.4, -0.2) is 20.3 Å². The first kappa shape index (κ1) is 15.3. The van der Waals surface area contributed by atoms with Crippen molar-refractivity contribution in [1.29, 1.82) is 0 Å².